The van der Waals surface area contributed by atoms with Gasteiger partial charge in [0.05, 0.1) is 6.26 Å². The van der Waals surface area contributed by atoms with Gasteiger partial charge in [-0.25, -0.2) is 17.1 Å². The number of benzene rings is 1. The largest absolute Gasteiger partial charge is 0.322 e. The molecule has 1 aliphatic rings. The van der Waals surface area contributed by atoms with Crippen LogP contribution in [0, 0.1) is 11.7 Å². The summed E-state index contributed by atoms with van der Waals surface area (Å²) in [5, 5.41) is 0. The third-order valence-electron chi connectivity index (χ3n) is 4.15. The lowest BCUT2D eigenvalue weighted by molar-refractivity contribution is 0.219. The standard InChI is InChI=1S/C15H23FN2O2S/c1-15(17,13-7-3-4-8-14(13)16)10-12-6-5-9-18(11-12)21(2,19)20/h3-4,7-8,12H,5-6,9-11,17H2,1-2H3. The molecule has 0 aliphatic carbocycles. The smallest absolute Gasteiger partial charge is 0.211 e. The van der Waals surface area contributed by atoms with Gasteiger partial charge in [0.2, 0.25) is 10.0 Å². The predicted octanol–water partition coefficient (Wildman–Crippen LogP) is 2.06. The van der Waals surface area contributed by atoms with E-state index in [9.17, 15) is 12.8 Å². The first kappa shape index (κ1) is 16.4. The number of halogens is 1. The van der Waals surface area contributed by atoms with Crippen molar-refractivity contribution >= 4 is 10.0 Å². The van der Waals surface area contributed by atoms with Gasteiger partial charge >= 0.3 is 0 Å². The van der Waals surface area contributed by atoms with Gasteiger partial charge in [-0.3, -0.25) is 0 Å². The molecule has 2 unspecified atom stereocenters. The van der Waals surface area contributed by atoms with E-state index in [0.29, 0.717) is 25.1 Å². The molecule has 21 heavy (non-hydrogen) atoms. The van der Waals surface area contributed by atoms with E-state index in [2.05, 4.69) is 0 Å². The van der Waals surface area contributed by atoms with E-state index < -0.39 is 15.6 Å². The Morgan fingerprint density at radius 2 is 2.10 bits per heavy atom. The lowest BCUT2D eigenvalue weighted by atomic mass is 9.81. The minimum Gasteiger partial charge on any atom is -0.322 e. The molecular weight excluding hydrogens is 291 g/mol. The second-order valence-corrected chi connectivity index (χ2v) is 8.21. The molecule has 0 aromatic heterocycles. The third kappa shape index (κ3) is 4.02. The molecule has 2 N–H and O–H groups in total. The highest BCUT2D eigenvalue weighted by atomic mass is 32.2. The monoisotopic (exact) mass is 314 g/mol. The zero-order valence-electron chi connectivity index (χ0n) is 12.5. The first-order valence-corrected chi connectivity index (χ1v) is 9.04. The minimum absolute atomic E-state index is 0.156. The lowest BCUT2D eigenvalue weighted by Gasteiger charge is -2.36. The Kier molecular flexibility index (Phi) is 4.70. The van der Waals surface area contributed by atoms with Gasteiger partial charge in [-0.05, 0) is 38.2 Å². The van der Waals surface area contributed by atoms with Crippen LogP contribution in [-0.4, -0.2) is 32.1 Å². The molecule has 118 valence electrons. The minimum atomic E-state index is -3.17. The molecule has 2 rings (SSSR count). The molecule has 0 saturated carbocycles. The van der Waals surface area contributed by atoms with Crippen LogP contribution in [-0.2, 0) is 15.6 Å². The summed E-state index contributed by atoms with van der Waals surface area (Å²) < 4.78 is 38.7. The summed E-state index contributed by atoms with van der Waals surface area (Å²) in [7, 11) is -3.17. The van der Waals surface area contributed by atoms with Gasteiger partial charge in [0, 0.05) is 24.2 Å². The zero-order chi connectivity index (χ0) is 15.7. The Bertz CT molecular complexity index is 601. The number of rotatable bonds is 4. The maximum absolute atomic E-state index is 13.9. The van der Waals surface area contributed by atoms with Crippen LogP contribution in [0.5, 0.6) is 0 Å². The summed E-state index contributed by atoms with van der Waals surface area (Å²) in [5.41, 5.74) is 6.01. The number of hydrogen-bond donors (Lipinski definition) is 1. The molecule has 0 radical (unpaired) electrons. The highest BCUT2D eigenvalue weighted by Crippen LogP contribution is 2.32. The van der Waals surface area contributed by atoms with Crippen molar-refractivity contribution in [3.05, 3.63) is 35.6 Å². The average Bonchev–Trinajstić information content (AvgIpc) is 2.37. The van der Waals surface area contributed by atoms with Gasteiger partial charge in [0.15, 0.2) is 0 Å². The van der Waals surface area contributed by atoms with Crippen LogP contribution in [0.15, 0.2) is 24.3 Å². The van der Waals surface area contributed by atoms with E-state index in [1.54, 1.807) is 18.2 Å². The van der Waals surface area contributed by atoms with Crippen molar-refractivity contribution < 1.29 is 12.8 Å². The number of sulfonamides is 1. The molecule has 1 heterocycles. The fraction of sp³-hybridized carbons (Fsp3) is 0.600. The molecule has 2 atom stereocenters. The van der Waals surface area contributed by atoms with Crippen LogP contribution < -0.4 is 5.73 Å². The van der Waals surface area contributed by atoms with Gasteiger partial charge in [-0.15, -0.1) is 0 Å². The van der Waals surface area contributed by atoms with Gasteiger partial charge in [-0.1, -0.05) is 18.2 Å². The molecular formula is C15H23FN2O2S. The summed E-state index contributed by atoms with van der Waals surface area (Å²) in [6.07, 6.45) is 3.55. The van der Waals surface area contributed by atoms with Gasteiger partial charge in [0.25, 0.3) is 0 Å². The maximum Gasteiger partial charge on any atom is 0.211 e. The topological polar surface area (TPSA) is 63.4 Å². The predicted molar refractivity (Wildman–Crippen MR) is 81.7 cm³/mol. The van der Waals surface area contributed by atoms with E-state index in [1.807, 2.05) is 6.92 Å². The molecule has 6 heteroatoms. The average molecular weight is 314 g/mol. The maximum atomic E-state index is 13.9. The Morgan fingerprint density at radius 1 is 1.43 bits per heavy atom. The lowest BCUT2D eigenvalue weighted by Crippen LogP contribution is -2.43. The fourth-order valence-electron chi connectivity index (χ4n) is 3.13. The molecule has 1 saturated heterocycles. The van der Waals surface area contributed by atoms with Crippen molar-refractivity contribution in [1.29, 1.82) is 0 Å². The first-order chi connectivity index (χ1) is 9.70. The quantitative estimate of drug-likeness (QED) is 0.925. The molecule has 1 aromatic carbocycles. The van der Waals surface area contributed by atoms with Crippen LogP contribution in [0.3, 0.4) is 0 Å². The second-order valence-electron chi connectivity index (χ2n) is 6.23. The SMILES string of the molecule is CC(N)(CC1CCCN(S(C)(=O)=O)C1)c1ccccc1F. The first-order valence-electron chi connectivity index (χ1n) is 7.19. The van der Waals surface area contributed by atoms with E-state index in [4.69, 9.17) is 5.73 Å². The van der Waals surface area contributed by atoms with E-state index in [0.717, 1.165) is 12.8 Å². The number of nitrogens with two attached hydrogens (primary N) is 1. The summed E-state index contributed by atoms with van der Waals surface area (Å²) >= 11 is 0. The molecule has 1 aromatic rings. The van der Waals surface area contributed by atoms with Crippen molar-refractivity contribution in [2.45, 2.75) is 31.7 Å². The fourth-order valence-corrected chi connectivity index (χ4v) is 4.07. The molecule has 1 fully saturated rings. The van der Waals surface area contributed by atoms with Crippen molar-refractivity contribution in [3.8, 4) is 0 Å². The summed E-state index contributed by atoms with van der Waals surface area (Å²) in [4.78, 5) is 0. The van der Waals surface area contributed by atoms with Gasteiger partial charge < -0.3 is 5.73 Å². The highest BCUT2D eigenvalue weighted by molar-refractivity contribution is 7.88. The van der Waals surface area contributed by atoms with Crippen molar-refractivity contribution in [3.63, 3.8) is 0 Å². The summed E-state index contributed by atoms with van der Waals surface area (Å²) in [6.45, 7) is 2.85. The van der Waals surface area contributed by atoms with Crippen LogP contribution >= 0.6 is 0 Å². The van der Waals surface area contributed by atoms with Crippen LogP contribution in [0.2, 0.25) is 0 Å². The number of nitrogens with zero attached hydrogens (tertiary/aromatic N) is 1. The Hall–Kier alpha value is -0.980. The van der Waals surface area contributed by atoms with E-state index in [1.165, 1.54) is 16.6 Å². The molecule has 0 amide bonds. The van der Waals surface area contributed by atoms with E-state index >= 15 is 0 Å². The molecule has 0 bridgehead atoms. The van der Waals surface area contributed by atoms with Crippen molar-refractivity contribution in [2.24, 2.45) is 11.7 Å². The Morgan fingerprint density at radius 3 is 2.71 bits per heavy atom. The summed E-state index contributed by atoms with van der Waals surface area (Å²) in [5.74, 6) is -0.152. The van der Waals surface area contributed by atoms with Crippen LogP contribution in [0.1, 0.15) is 31.7 Å². The van der Waals surface area contributed by atoms with Gasteiger partial charge in [0.1, 0.15) is 5.82 Å². The molecule has 1 aliphatic heterocycles. The highest BCUT2D eigenvalue weighted by Gasteiger charge is 2.32. The Labute approximate surface area is 126 Å². The van der Waals surface area contributed by atoms with Crippen molar-refractivity contribution in [1.82, 2.24) is 4.31 Å². The zero-order valence-corrected chi connectivity index (χ0v) is 13.4. The normalized spacial score (nSPS) is 23.7. The van der Waals surface area contributed by atoms with E-state index in [-0.39, 0.29) is 11.7 Å². The Balaban J connectivity index is 2.12. The van der Waals surface area contributed by atoms with Crippen molar-refractivity contribution in [2.75, 3.05) is 19.3 Å². The van der Waals surface area contributed by atoms with Crippen LogP contribution in [0.25, 0.3) is 0 Å². The molecule has 4 nitrogen and oxygen atoms in total. The number of piperidine rings is 1. The third-order valence-corrected chi connectivity index (χ3v) is 5.42. The number of hydrogen-bond acceptors (Lipinski definition) is 3. The summed E-state index contributed by atoms with van der Waals surface area (Å²) in [6, 6.07) is 6.52. The second kappa shape index (κ2) is 6.02. The van der Waals surface area contributed by atoms with Gasteiger partial charge in [-0.2, -0.15) is 0 Å². The molecule has 0 spiro atoms. The van der Waals surface area contributed by atoms with Crippen LogP contribution in [0.4, 0.5) is 4.39 Å².